The summed E-state index contributed by atoms with van der Waals surface area (Å²) in [5, 5.41) is 6.81. The summed E-state index contributed by atoms with van der Waals surface area (Å²) in [6.45, 7) is 4.58. The van der Waals surface area contributed by atoms with Crippen LogP contribution in [0.15, 0.2) is 53.2 Å². The quantitative estimate of drug-likeness (QED) is 0.746. The molecule has 0 atom stereocenters. The summed E-state index contributed by atoms with van der Waals surface area (Å²) in [6, 6.07) is 13.2. The average Bonchev–Trinajstić information content (AvgIpc) is 3.10. The van der Waals surface area contributed by atoms with Crippen molar-refractivity contribution in [2.45, 2.75) is 20.4 Å². The Morgan fingerprint density at radius 2 is 2.04 bits per heavy atom. The molecule has 0 aliphatic heterocycles. The number of hydrogen-bond donors (Lipinski definition) is 1. The summed E-state index contributed by atoms with van der Waals surface area (Å²) < 4.78 is 10.7. The van der Waals surface area contributed by atoms with Crippen LogP contribution >= 0.6 is 0 Å². The van der Waals surface area contributed by atoms with Gasteiger partial charge in [-0.15, -0.1) is 0 Å². The second-order valence-electron chi connectivity index (χ2n) is 5.52. The number of rotatable bonds is 6. The summed E-state index contributed by atoms with van der Waals surface area (Å²) in [5.41, 5.74) is 3.16. The molecule has 0 radical (unpaired) electrons. The van der Waals surface area contributed by atoms with Gasteiger partial charge < -0.3 is 14.6 Å². The maximum absolute atomic E-state index is 12.3. The Bertz CT molecular complexity index is 856. The van der Waals surface area contributed by atoms with Crippen LogP contribution in [0.25, 0.3) is 11.3 Å². The first-order chi connectivity index (χ1) is 12.2. The minimum absolute atomic E-state index is 0.259. The Morgan fingerprint density at radius 1 is 1.24 bits per heavy atom. The molecule has 1 N–H and O–H groups in total. The number of carbonyl (C=O) groups excluding carboxylic acids is 1. The van der Waals surface area contributed by atoms with Gasteiger partial charge in [-0.1, -0.05) is 35.0 Å². The molecule has 25 heavy (non-hydrogen) atoms. The van der Waals surface area contributed by atoms with Gasteiger partial charge in [0.2, 0.25) is 5.88 Å². The molecular weight excluding hydrogens is 318 g/mol. The molecular formula is C19H19N3O3. The highest BCUT2D eigenvalue weighted by Gasteiger charge is 2.14. The molecule has 3 aromatic rings. The lowest BCUT2D eigenvalue weighted by Gasteiger charge is -2.08. The van der Waals surface area contributed by atoms with Crippen molar-refractivity contribution in [1.29, 1.82) is 0 Å². The molecule has 0 aliphatic rings. The van der Waals surface area contributed by atoms with Crippen molar-refractivity contribution < 1.29 is 14.1 Å². The van der Waals surface area contributed by atoms with E-state index in [4.69, 9.17) is 9.26 Å². The van der Waals surface area contributed by atoms with Gasteiger partial charge in [0.1, 0.15) is 11.3 Å². The van der Waals surface area contributed by atoms with Gasteiger partial charge >= 0.3 is 0 Å². The van der Waals surface area contributed by atoms with Gasteiger partial charge in [-0.05, 0) is 26.0 Å². The smallest absolute Gasteiger partial charge is 0.257 e. The monoisotopic (exact) mass is 337 g/mol. The van der Waals surface area contributed by atoms with Gasteiger partial charge in [0.25, 0.3) is 5.91 Å². The lowest BCUT2D eigenvalue weighted by molar-refractivity contribution is 0.0945. The van der Waals surface area contributed by atoms with Gasteiger partial charge in [0.15, 0.2) is 5.76 Å². The molecule has 0 fully saturated rings. The van der Waals surface area contributed by atoms with Gasteiger partial charge in [0, 0.05) is 17.8 Å². The van der Waals surface area contributed by atoms with E-state index in [1.807, 2.05) is 44.2 Å². The molecule has 0 bridgehead atoms. The summed E-state index contributed by atoms with van der Waals surface area (Å²) in [7, 11) is 0. The van der Waals surface area contributed by atoms with Gasteiger partial charge in [-0.25, -0.2) is 4.98 Å². The van der Waals surface area contributed by atoms with E-state index in [1.54, 1.807) is 18.3 Å². The molecule has 128 valence electrons. The SMILES string of the molecule is CCOc1ncccc1C(=O)NCc1cc(-c2ccc(C)cc2)on1. The number of aromatic nitrogens is 2. The van der Waals surface area contributed by atoms with E-state index in [9.17, 15) is 4.79 Å². The van der Waals surface area contributed by atoms with E-state index in [1.165, 1.54) is 5.56 Å². The van der Waals surface area contributed by atoms with Crippen LogP contribution in [0.1, 0.15) is 28.5 Å². The maximum atomic E-state index is 12.3. The number of nitrogens with one attached hydrogen (secondary N) is 1. The van der Waals surface area contributed by atoms with Crippen LogP contribution in [0.4, 0.5) is 0 Å². The highest BCUT2D eigenvalue weighted by Crippen LogP contribution is 2.21. The third kappa shape index (κ3) is 4.03. The predicted molar refractivity (Wildman–Crippen MR) is 93.3 cm³/mol. The van der Waals surface area contributed by atoms with Crippen LogP contribution in [0.2, 0.25) is 0 Å². The molecule has 2 aromatic heterocycles. The second kappa shape index (κ2) is 7.61. The van der Waals surface area contributed by atoms with Crippen molar-refractivity contribution >= 4 is 5.91 Å². The maximum Gasteiger partial charge on any atom is 0.257 e. The van der Waals surface area contributed by atoms with Crippen LogP contribution in [0.5, 0.6) is 5.88 Å². The van der Waals surface area contributed by atoms with E-state index in [2.05, 4.69) is 15.5 Å². The number of ether oxygens (including phenoxy) is 1. The third-order valence-corrected chi connectivity index (χ3v) is 3.62. The molecule has 6 heteroatoms. The number of amides is 1. The van der Waals surface area contributed by atoms with E-state index in [0.717, 1.165) is 5.56 Å². The first-order valence-electron chi connectivity index (χ1n) is 8.06. The standard InChI is InChI=1S/C19H19N3O3/c1-3-24-19-16(5-4-10-20-19)18(23)21-12-15-11-17(25-22-15)14-8-6-13(2)7-9-14/h4-11H,3,12H2,1-2H3,(H,21,23). The zero-order chi connectivity index (χ0) is 17.6. The third-order valence-electron chi connectivity index (χ3n) is 3.62. The fourth-order valence-corrected chi connectivity index (χ4v) is 2.33. The number of hydrogen-bond acceptors (Lipinski definition) is 5. The Hall–Kier alpha value is -3.15. The predicted octanol–water partition coefficient (Wildman–Crippen LogP) is 3.37. The van der Waals surface area contributed by atoms with Crippen molar-refractivity contribution in [1.82, 2.24) is 15.5 Å². The summed E-state index contributed by atoms with van der Waals surface area (Å²) >= 11 is 0. The van der Waals surface area contributed by atoms with Gasteiger partial charge in [-0.2, -0.15) is 0 Å². The molecule has 3 rings (SSSR count). The summed E-state index contributed by atoms with van der Waals surface area (Å²) in [6.07, 6.45) is 1.59. The average molecular weight is 337 g/mol. The van der Waals surface area contributed by atoms with Crippen molar-refractivity contribution in [3.05, 3.63) is 65.5 Å². The van der Waals surface area contributed by atoms with E-state index < -0.39 is 0 Å². The largest absolute Gasteiger partial charge is 0.477 e. The minimum Gasteiger partial charge on any atom is -0.477 e. The Morgan fingerprint density at radius 3 is 2.80 bits per heavy atom. The Labute approximate surface area is 145 Å². The molecule has 0 saturated heterocycles. The minimum atomic E-state index is -0.267. The fraction of sp³-hybridized carbons (Fsp3) is 0.211. The Kier molecular flexibility index (Phi) is 5.09. The first kappa shape index (κ1) is 16.7. The fourth-order valence-electron chi connectivity index (χ4n) is 2.33. The highest BCUT2D eigenvalue weighted by molar-refractivity contribution is 5.96. The molecule has 0 unspecified atom stereocenters. The lowest BCUT2D eigenvalue weighted by atomic mass is 10.1. The van der Waals surface area contributed by atoms with E-state index in [0.29, 0.717) is 29.5 Å². The van der Waals surface area contributed by atoms with Crippen LogP contribution < -0.4 is 10.1 Å². The molecule has 2 heterocycles. The zero-order valence-electron chi connectivity index (χ0n) is 14.2. The van der Waals surface area contributed by atoms with Crippen molar-refractivity contribution in [3.63, 3.8) is 0 Å². The molecule has 1 amide bonds. The second-order valence-corrected chi connectivity index (χ2v) is 5.52. The number of nitrogens with zero attached hydrogens (tertiary/aromatic N) is 2. The normalized spacial score (nSPS) is 10.5. The topological polar surface area (TPSA) is 77.2 Å². The van der Waals surface area contributed by atoms with E-state index in [-0.39, 0.29) is 12.5 Å². The summed E-state index contributed by atoms with van der Waals surface area (Å²) in [5.74, 6) is 0.722. The van der Waals surface area contributed by atoms with Crippen LogP contribution in [0.3, 0.4) is 0 Å². The van der Waals surface area contributed by atoms with Crippen molar-refractivity contribution in [2.75, 3.05) is 6.61 Å². The molecule has 6 nitrogen and oxygen atoms in total. The number of pyridine rings is 1. The van der Waals surface area contributed by atoms with Crippen LogP contribution in [-0.2, 0) is 6.54 Å². The van der Waals surface area contributed by atoms with Gasteiger partial charge in [-0.3, -0.25) is 4.79 Å². The number of carbonyl (C=O) groups is 1. The van der Waals surface area contributed by atoms with Crippen LogP contribution in [0, 0.1) is 6.92 Å². The zero-order valence-corrected chi connectivity index (χ0v) is 14.2. The Balaban J connectivity index is 1.66. The highest BCUT2D eigenvalue weighted by atomic mass is 16.5. The van der Waals surface area contributed by atoms with E-state index >= 15 is 0 Å². The summed E-state index contributed by atoms with van der Waals surface area (Å²) in [4.78, 5) is 16.4. The van der Waals surface area contributed by atoms with Crippen molar-refractivity contribution in [3.8, 4) is 17.2 Å². The molecule has 0 spiro atoms. The first-order valence-corrected chi connectivity index (χ1v) is 8.06. The molecule has 1 aromatic carbocycles. The number of aryl methyl sites for hydroxylation is 1. The van der Waals surface area contributed by atoms with Crippen LogP contribution in [-0.4, -0.2) is 22.7 Å². The molecule has 0 aliphatic carbocycles. The lowest BCUT2D eigenvalue weighted by Crippen LogP contribution is -2.24. The van der Waals surface area contributed by atoms with Gasteiger partial charge in [0.05, 0.1) is 13.2 Å². The number of benzene rings is 1. The molecule has 0 saturated carbocycles. The van der Waals surface area contributed by atoms with Crippen molar-refractivity contribution in [2.24, 2.45) is 0 Å².